The van der Waals surface area contributed by atoms with Crippen molar-refractivity contribution in [2.45, 2.75) is 37.1 Å². The third-order valence-electron chi connectivity index (χ3n) is 3.74. The zero-order valence-electron chi connectivity index (χ0n) is 13.0. The predicted octanol–water partition coefficient (Wildman–Crippen LogP) is 2.77. The van der Waals surface area contributed by atoms with E-state index < -0.39 is 5.25 Å². The van der Waals surface area contributed by atoms with Crippen LogP contribution in [0.1, 0.15) is 24.6 Å². The average molecular weight is 327 g/mol. The Labute approximate surface area is 139 Å². The van der Waals surface area contributed by atoms with Crippen molar-refractivity contribution < 1.29 is 9.59 Å². The number of carbonyl (C=O) groups excluding carboxylic acids is 2. The summed E-state index contributed by atoms with van der Waals surface area (Å²) in [7, 11) is 0. The molecule has 1 aliphatic rings. The maximum Gasteiger partial charge on any atom is 0.247 e. The molecule has 0 aliphatic carbocycles. The Morgan fingerprint density at radius 2 is 2.04 bits per heavy atom. The van der Waals surface area contributed by atoms with Gasteiger partial charge in [-0.15, -0.1) is 0 Å². The van der Waals surface area contributed by atoms with Crippen LogP contribution in [0.2, 0.25) is 0 Å². The highest BCUT2D eigenvalue weighted by molar-refractivity contribution is 8.00. The van der Waals surface area contributed by atoms with Crippen LogP contribution in [0.4, 0.5) is 5.69 Å². The van der Waals surface area contributed by atoms with E-state index in [4.69, 9.17) is 0 Å². The van der Waals surface area contributed by atoms with Crippen molar-refractivity contribution in [3.63, 3.8) is 0 Å². The van der Waals surface area contributed by atoms with Gasteiger partial charge in [0.1, 0.15) is 5.25 Å². The normalized spacial score (nSPS) is 17.8. The van der Waals surface area contributed by atoms with E-state index in [1.54, 1.807) is 12.3 Å². The Bertz CT molecular complexity index is 763. The first-order valence-electron chi connectivity index (χ1n) is 7.51. The van der Waals surface area contributed by atoms with E-state index in [1.165, 1.54) is 16.7 Å². The monoisotopic (exact) mass is 327 g/mol. The quantitative estimate of drug-likeness (QED) is 0.638. The molecule has 0 unspecified atom stereocenters. The summed E-state index contributed by atoms with van der Waals surface area (Å²) < 4.78 is 0. The SMILES string of the molecule is CCc1ccccc1N1C(=O)C[C@@H](Sc2nccc(C)n2)C1=O. The fourth-order valence-corrected chi connectivity index (χ4v) is 3.59. The molecule has 5 nitrogen and oxygen atoms in total. The Kier molecular flexibility index (Phi) is 4.43. The minimum absolute atomic E-state index is 0.166. The van der Waals surface area contributed by atoms with E-state index in [0.29, 0.717) is 10.8 Å². The highest BCUT2D eigenvalue weighted by Crippen LogP contribution is 2.33. The van der Waals surface area contributed by atoms with E-state index in [2.05, 4.69) is 9.97 Å². The van der Waals surface area contributed by atoms with Gasteiger partial charge in [0.15, 0.2) is 5.16 Å². The Hall–Kier alpha value is -2.21. The first-order chi connectivity index (χ1) is 11.1. The van der Waals surface area contributed by atoms with Crippen LogP contribution in [0.25, 0.3) is 0 Å². The van der Waals surface area contributed by atoms with Gasteiger partial charge in [0.25, 0.3) is 0 Å². The van der Waals surface area contributed by atoms with Gasteiger partial charge in [-0.1, -0.05) is 36.9 Å². The lowest BCUT2D eigenvalue weighted by Crippen LogP contribution is -2.32. The zero-order valence-corrected chi connectivity index (χ0v) is 13.8. The zero-order chi connectivity index (χ0) is 16.4. The van der Waals surface area contributed by atoms with Crippen molar-refractivity contribution in [1.29, 1.82) is 0 Å². The van der Waals surface area contributed by atoms with Gasteiger partial charge in [0.05, 0.1) is 5.69 Å². The molecule has 23 heavy (non-hydrogen) atoms. The smallest absolute Gasteiger partial charge is 0.247 e. The number of thioether (sulfide) groups is 1. The summed E-state index contributed by atoms with van der Waals surface area (Å²) in [5.74, 6) is -0.355. The summed E-state index contributed by atoms with van der Waals surface area (Å²) in [6.07, 6.45) is 2.61. The molecule has 0 saturated carbocycles. The second kappa shape index (κ2) is 6.50. The molecular formula is C17H17N3O2S. The number of anilines is 1. The molecule has 0 spiro atoms. The van der Waals surface area contributed by atoms with E-state index in [9.17, 15) is 9.59 Å². The van der Waals surface area contributed by atoms with Gasteiger partial charge in [0.2, 0.25) is 11.8 Å². The van der Waals surface area contributed by atoms with Crippen molar-refractivity contribution in [3.8, 4) is 0 Å². The van der Waals surface area contributed by atoms with Crippen LogP contribution in [0, 0.1) is 6.92 Å². The largest absolute Gasteiger partial charge is 0.274 e. The maximum absolute atomic E-state index is 12.7. The molecule has 1 saturated heterocycles. The fraction of sp³-hybridized carbons (Fsp3) is 0.294. The number of hydrogen-bond donors (Lipinski definition) is 0. The molecule has 6 heteroatoms. The second-order valence-corrected chi connectivity index (χ2v) is 6.51. The molecule has 118 valence electrons. The lowest BCUT2D eigenvalue weighted by molar-refractivity contribution is -0.121. The molecule has 3 rings (SSSR count). The van der Waals surface area contributed by atoms with Gasteiger partial charge >= 0.3 is 0 Å². The highest BCUT2D eigenvalue weighted by atomic mass is 32.2. The molecule has 2 aromatic rings. The summed E-state index contributed by atoms with van der Waals surface area (Å²) in [6, 6.07) is 9.33. The van der Waals surface area contributed by atoms with E-state index in [1.807, 2.05) is 38.1 Å². The number of carbonyl (C=O) groups is 2. The number of aromatic nitrogens is 2. The Morgan fingerprint density at radius 1 is 1.26 bits per heavy atom. The number of amides is 2. The Morgan fingerprint density at radius 3 is 2.78 bits per heavy atom. The van der Waals surface area contributed by atoms with Gasteiger partial charge < -0.3 is 0 Å². The molecule has 1 fully saturated rings. The average Bonchev–Trinajstić information content (AvgIpc) is 2.81. The standard InChI is InChI=1S/C17H17N3O2S/c1-3-12-6-4-5-7-13(12)20-15(21)10-14(16(20)22)23-17-18-9-8-11(2)19-17/h4-9,14H,3,10H2,1-2H3/t14-/m1/s1. The van der Waals surface area contributed by atoms with Crippen molar-refractivity contribution in [1.82, 2.24) is 9.97 Å². The van der Waals surface area contributed by atoms with Crippen LogP contribution >= 0.6 is 11.8 Å². The molecule has 2 heterocycles. The fourth-order valence-electron chi connectivity index (χ4n) is 2.59. The number of aryl methyl sites for hydroxylation is 2. The first kappa shape index (κ1) is 15.7. The molecule has 1 aromatic carbocycles. The summed E-state index contributed by atoms with van der Waals surface area (Å²) in [6.45, 7) is 3.88. The lowest BCUT2D eigenvalue weighted by Gasteiger charge is -2.18. The van der Waals surface area contributed by atoms with Crippen LogP contribution in [0.15, 0.2) is 41.7 Å². The second-order valence-electron chi connectivity index (χ2n) is 5.34. The molecular weight excluding hydrogens is 310 g/mol. The number of nitrogens with zero attached hydrogens (tertiary/aromatic N) is 3. The topological polar surface area (TPSA) is 63.2 Å². The van der Waals surface area contributed by atoms with Crippen LogP contribution in [0.5, 0.6) is 0 Å². The molecule has 0 bridgehead atoms. The van der Waals surface area contributed by atoms with Crippen LogP contribution in [-0.2, 0) is 16.0 Å². The first-order valence-corrected chi connectivity index (χ1v) is 8.39. The van der Waals surface area contributed by atoms with Crippen LogP contribution in [0.3, 0.4) is 0 Å². The number of benzene rings is 1. The molecule has 0 N–H and O–H groups in total. The molecule has 1 aliphatic heterocycles. The summed E-state index contributed by atoms with van der Waals surface area (Å²) in [4.78, 5) is 34.8. The molecule has 0 radical (unpaired) electrons. The lowest BCUT2D eigenvalue weighted by atomic mass is 10.1. The summed E-state index contributed by atoms with van der Waals surface area (Å²) in [5.41, 5.74) is 2.53. The van der Waals surface area contributed by atoms with Crippen molar-refractivity contribution >= 4 is 29.3 Å². The predicted molar refractivity (Wildman–Crippen MR) is 89.3 cm³/mol. The van der Waals surface area contributed by atoms with Crippen molar-refractivity contribution in [3.05, 3.63) is 47.8 Å². The number of rotatable bonds is 4. The minimum atomic E-state index is -0.464. The van der Waals surface area contributed by atoms with Crippen molar-refractivity contribution in [2.75, 3.05) is 4.90 Å². The Balaban J connectivity index is 1.85. The van der Waals surface area contributed by atoms with Gasteiger partial charge in [-0.25, -0.2) is 14.9 Å². The van der Waals surface area contributed by atoms with Gasteiger partial charge in [-0.05, 0) is 31.0 Å². The van der Waals surface area contributed by atoms with E-state index in [0.717, 1.165) is 17.7 Å². The highest BCUT2D eigenvalue weighted by Gasteiger charge is 2.41. The third kappa shape index (κ3) is 3.12. The number of para-hydroxylation sites is 1. The molecule has 2 amide bonds. The van der Waals surface area contributed by atoms with E-state index >= 15 is 0 Å². The van der Waals surface area contributed by atoms with Gasteiger partial charge in [-0.2, -0.15) is 0 Å². The van der Waals surface area contributed by atoms with Gasteiger partial charge in [0, 0.05) is 18.3 Å². The van der Waals surface area contributed by atoms with Crippen LogP contribution < -0.4 is 4.90 Å². The van der Waals surface area contributed by atoms with Crippen molar-refractivity contribution in [2.24, 2.45) is 0 Å². The maximum atomic E-state index is 12.7. The number of hydrogen-bond acceptors (Lipinski definition) is 5. The van der Waals surface area contributed by atoms with Gasteiger partial charge in [-0.3, -0.25) is 9.59 Å². The summed E-state index contributed by atoms with van der Waals surface area (Å²) in [5, 5.41) is 0.0657. The molecule has 1 aromatic heterocycles. The van der Waals surface area contributed by atoms with Crippen LogP contribution in [-0.4, -0.2) is 27.0 Å². The van der Waals surface area contributed by atoms with E-state index in [-0.39, 0.29) is 18.2 Å². The minimum Gasteiger partial charge on any atom is -0.274 e. The molecule has 1 atom stereocenters. The summed E-state index contributed by atoms with van der Waals surface area (Å²) >= 11 is 1.25. The number of imide groups is 1. The third-order valence-corrected chi connectivity index (χ3v) is 4.80.